The highest BCUT2D eigenvalue weighted by Gasteiger charge is 2.31. The van der Waals surface area contributed by atoms with Gasteiger partial charge in [0.05, 0.1) is 11.7 Å². The van der Waals surface area contributed by atoms with E-state index in [0.717, 1.165) is 12.1 Å². The van der Waals surface area contributed by atoms with Crippen LogP contribution in [-0.4, -0.2) is 23.0 Å². The Bertz CT molecular complexity index is 696. The Hall–Kier alpha value is -2.79. The molecule has 0 fully saturated rings. The van der Waals surface area contributed by atoms with Crippen molar-refractivity contribution in [2.45, 2.75) is 12.5 Å². The van der Waals surface area contributed by atoms with Crippen molar-refractivity contribution in [3.63, 3.8) is 0 Å². The van der Waals surface area contributed by atoms with Crippen LogP contribution < -0.4 is 10.1 Å². The Balaban J connectivity index is 1.98. The molecule has 1 unspecified atom stereocenters. The summed E-state index contributed by atoms with van der Waals surface area (Å²) in [6, 6.07) is 10.0. The van der Waals surface area contributed by atoms with Gasteiger partial charge >= 0.3 is 6.36 Å². The lowest BCUT2D eigenvalue weighted by Crippen LogP contribution is -2.17. The Kier molecular flexibility index (Phi) is 5.03. The number of aliphatic hydroxyl groups is 1. The monoisotopic (exact) mass is 323 g/mol. The average Bonchev–Trinajstić information content (AvgIpc) is 2.52. The maximum atomic E-state index is 12.1. The highest BCUT2D eigenvalue weighted by molar-refractivity contribution is 5.51. The molecular weight excluding hydrogens is 311 g/mol. The van der Waals surface area contributed by atoms with Crippen LogP contribution >= 0.6 is 0 Å². The summed E-state index contributed by atoms with van der Waals surface area (Å²) in [5, 5.41) is 21.8. The highest BCUT2D eigenvalue weighted by atomic mass is 19.4. The summed E-state index contributed by atoms with van der Waals surface area (Å²) in [5.41, 5.74) is 0.732. The van der Waals surface area contributed by atoms with E-state index in [1.165, 1.54) is 18.3 Å². The lowest BCUT2D eigenvalue weighted by atomic mass is 10.1. The first-order valence-corrected chi connectivity index (χ1v) is 6.52. The first-order chi connectivity index (χ1) is 10.9. The van der Waals surface area contributed by atoms with Gasteiger partial charge in [0.15, 0.2) is 0 Å². The summed E-state index contributed by atoms with van der Waals surface area (Å²) >= 11 is 0. The molecule has 2 N–H and O–H groups in total. The normalized spacial score (nSPS) is 12.3. The van der Waals surface area contributed by atoms with E-state index >= 15 is 0 Å². The van der Waals surface area contributed by atoms with Crippen LogP contribution in [0, 0.1) is 11.3 Å². The zero-order chi connectivity index (χ0) is 16.9. The van der Waals surface area contributed by atoms with Gasteiger partial charge in [-0.1, -0.05) is 12.1 Å². The number of rotatable bonds is 5. The standard InChI is InChI=1S/C15H12F3N3O2/c16-15(17,18)23-12-5-3-10(4-6-12)13(22)9-21-14-11(8-19)2-1-7-20-14/h1-7,13,22H,9H2,(H,20,21). The lowest BCUT2D eigenvalue weighted by Gasteiger charge is -2.14. The molecule has 23 heavy (non-hydrogen) atoms. The van der Waals surface area contributed by atoms with E-state index in [1.54, 1.807) is 12.1 Å². The van der Waals surface area contributed by atoms with Gasteiger partial charge in [-0.15, -0.1) is 13.2 Å². The predicted molar refractivity (Wildman–Crippen MR) is 75.5 cm³/mol. The van der Waals surface area contributed by atoms with Crippen molar-refractivity contribution >= 4 is 5.82 Å². The van der Waals surface area contributed by atoms with Crippen LogP contribution in [-0.2, 0) is 0 Å². The van der Waals surface area contributed by atoms with Crippen molar-refractivity contribution in [2.75, 3.05) is 11.9 Å². The fourth-order valence-electron chi connectivity index (χ4n) is 1.84. The summed E-state index contributed by atoms with van der Waals surface area (Å²) in [5.74, 6) is -0.0380. The summed E-state index contributed by atoms with van der Waals surface area (Å²) in [6.45, 7) is 0.0468. The molecule has 8 heteroatoms. The molecule has 0 aliphatic heterocycles. The minimum atomic E-state index is -4.76. The van der Waals surface area contributed by atoms with E-state index in [-0.39, 0.29) is 12.3 Å². The molecule has 0 spiro atoms. The smallest absolute Gasteiger partial charge is 0.406 e. The maximum Gasteiger partial charge on any atom is 0.573 e. The van der Waals surface area contributed by atoms with E-state index in [9.17, 15) is 18.3 Å². The van der Waals surface area contributed by atoms with Gasteiger partial charge in [-0.25, -0.2) is 4.98 Å². The van der Waals surface area contributed by atoms with Crippen LogP contribution in [0.3, 0.4) is 0 Å². The third kappa shape index (κ3) is 4.86. The third-order valence-corrected chi connectivity index (χ3v) is 2.89. The number of nitrogens with one attached hydrogen (secondary N) is 1. The number of nitriles is 1. The number of halogens is 3. The molecule has 0 saturated carbocycles. The van der Waals surface area contributed by atoms with Crippen LogP contribution in [0.4, 0.5) is 19.0 Å². The fourth-order valence-corrected chi connectivity index (χ4v) is 1.84. The number of hydrogen-bond acceptors (Lipinski definition) is 5. The minimum Gasteiger partial charge on any atom is -0.406 e. The number of alkyl halides is 3. The second-order valence-corrected chi connectivity index (χ2v) is 4.52. The zero-order valence-corrected chi connectivity index (χ0v) is 11.7. The first-order valence-electron chi connectivity index (χ1n) is 6.52. The van der Waals surface area contributed by atoms with Gasteiger partial charge in [0.25, 0.3) is 0 Å². The molecule has 0 saturated heterocycles. The van der Waals surface area contributed by atoms with Crippen molar-refractivity contribution < 1.29 is 23.0 Å². The first kappa shape index (κ1) is 16.6. The van der Waals surface area contributed by atoms with Gasteiger partial charge in [-0.05, 0) is 29.8 Å². The summed E-state index contributed by atoms with van der Waals surface area (Å²) < 4.78 is 39.9. The van der Waals surface area contributed by atoms with Crippen LogP contribution in [0.5, 0.6) is 5.75 Å². The Morgan fingerprint density at radius 1 is 1.26 bits per heavy atom. The number of aromatic nitrogens is 1. The molecule has 1 aromatic carbocycles. The van der Waals surface area contributed by atoms with Crippen LogP contribution in [0.1, 0.15) is 17.2 Å². The van der Waals surface area contributed by atoms with Crippen molar-refractivity contribution in [2.24, 2.45) is 0 Å². The van der Waals surface area contributed by atoms with Crippen molar-refractivity contribution in [1.82, 2.24) is 4.98 Å². The van der Waals surface area contributed by atoms with E-state index in [4.69, 9.17) is 5.26 Å². The molecule has 1 atom stereocenters. The molecule has 1 heterocycles. The number of ether oxygens (including phenoxy) is 1. The summed E-state index contributed by atoms with van der Waals surface area (Å²) in [6.07, 6.45) is -4.24. The van der Waals surface area contributed by atoms with E-state index in [1.807, 2.05) is 6.07 Å². The van der Waals surface area contributed by atoms with Crippen molar-refractivity contribution in [3.8, 4) is 11.8 Å². The number of aliphatic hydroxyl groups excluding tert-OH is 1. The fraction of sp³-hybridized carbons (Fsp3) is 0.200. The summed E-state index contributed by atoms with van der Waals surface area (Å²) in [4.78, 5) is 3.98. The maximum absolute atomic E-state index is 12.1. The summed E-state index contributed by atoms with van der Waals surface area (Å²) in [7, 11) is 0. The lowest BCUT2D eigenvalue weighted by molar-refractivity contribution is -0.274. The molecule has 0 aliphatic carbocycles. The van der Waals surface area contributed by atoms with Crippen LogP contribution in [0.2, 0.25) is 0 Å². The molecule has 0 aliphatic rings. The number of benzene rings is 1. The molecule has 0 radical (unpaired) electrons. The topological polar surface area (TPSA) is 78.2 Å². The number of nitrogens with zero attached hydrogens (tertiary/aromatic N) is 2. The Labute approximate surface area is 130 Å². The van der Waals surface area contributed by atoms with Crippen LogP contribution in [0.25, 0.3) is 0 Å². The van der Waals surface area contributed by atoms with E-state index in [0.29, 0.717) is 16.9 Å². The second kappa shape index (κ2) is 6.98. The van der Waals surface area contributed by atoms with Gasteiger partial charge in [0.2, 0.25) is 0 Å². The van der Waals surface area contributed by atoms with Gasteiger partial charge in [0, 0.05) is 12.7 Å². The van der Waals surface area contributed by atoms with E-state index < -0.39 is 12.5 Å². The zero-order valence-electron chi connectivity index (χ0n) is 11.7. The number of anilines is 1. The third-order valence-electron chi connectivity index (χ3n) is 2.89. The molecule has 5 nitrogen and oxygen atoms in total. The predicted octanol–water partition coefficient (Wildman–Crippen LogP) is 3.00. The molecule has 120 valence electrons. The molecule has 2 rings (SSSR count). The Morgan fingerprint density at radius 3 is 2.57 bits per heavy atom. The van der Waals surface area contributed by atoms with Crippen molar-refractivity contribution in [3.05, 3.63) is 53.7 Å². The quantitative estimate of drug-likeness (QED) is 0.884. The van der Waals surface area contributed by atoms with Gasteiger partial charge < -0.3 is 15.2 Å². The molecule has 0 amide bonds. The van der Waals surface area contributed by atoms with Gasteiger partial charge in [-0.2, -0.15) is 5.26 Å². The van der Waals surface area contributed by atoms with Gasteiger partial charge in [-0.3, -0.25) is 0 Å². The molecule has 1 aromatic heterocycles. The van der Waals surface area contributed by atoms with Crippen LogP contribution in [0.15, 0.2) is 42.6 Å². The van der Waals surface area contributed by atoms with E-state index in [2.05, 4.69) is 15.0 Å². The SMILES string of the molecule is N#Cc1cccnc1NCC(O)c1ccc(OC(F)(F)F)cc1. The number of hydrogen-bond donors (Lipinski definition) is 2. The second-order valence-electron chi connectivity index (χ2n) is 4.52. The number of pyridine rings is 1. The minimum absolute atomic E-state index is 0.0468. The largest absolute Gasteiger partial charge is 0.573 e. The molecular formula is C15H12F3N3O2. The molecule has 0 bridgehead atoms. The molecule has 2 aromatic rings. The average molecular weight is 323 g/mol. The highest BCUT2D eigenvalue weighted by Crippen LogP contribution is 2.24. The van der Waals surface area contributed by atoms with Gasteiger partial charge in [0.1, 0.15) is 17.6 Å². The van der Waals surface area contributed by atoms with Crippen molar-refractivity contribution in [1.29, 1.82) is 5.26 Å². The Morgan fingerprint density at radius 2 is 1.96 bits per heavy atom.